The van der Waals surface area contributed by atoms with Gasteiger partial charge in [-0.2, -0.15) is 0 Å². The Bertz CT molecular complexity index is 819. The number of nitro benzene ring substituents is 1. The minimum Gasteiger partial charge on any atom is -0.365 e. The van der Waals surface area contributed by atoms with Gasteiger partial charge in [-0.25, -0.2) is 21.0 Å². The van der Waals surface area contributed by atoms with E-state index < -0.39 is 27.8 Å². The average Bonchev–Trinajstić information content (AvgIpc) is 2.54. The van der Waals surface area contributed by atoms with E-state index in [1.54, 1.807) is 0 Å². The maximum atomic E-state index is 12.3. The zero-order chi connectivity index (χ0) is 16.7. The van der Waals surface area contributed by atoms with Crippen molar-refractivity contribution in [2.75, 3.05) is 0 Å². The molecule has 23 heavy (non-hydrogen) atoms. The van der Waals surface area contributed by atoms with E-state index in [1.165, 1.54) is 36.4 Å². The fourth-order valence-corrected chi connectivity index (χ4v) is 1.53. The largest absolute Gasteiger partial charge is 1.00 e. The van der Waals surface area contributed by atoms with Gasteiger partial charge in [0.25, 0.3) is 5.69 Å². The van der Waals surface area contributed by atoms with Gasteiger partial charge in [-0.05, 0) is 5.56 Å². The summed E-state index contributed by atoms with van der Waals surface area (Å²) in [6, 6.07) is 10.3. The summed E-state index contributed by atoms with van der Waals surface area (Å²) >= 11 is 0. The molecule has 0 heterocycles. The molecule has 1 rings (SSSR count). The van der Waals surface area contributed by atoms with Gasteiger partial charge >= 0.3 is 29.6 Å². The van der Waals surface area contributed by atoms with Crippen LogP contribution in [0.25, 0.3) is 0 Å². The first-order valence-corrected chi connectivity index (χ1v) is 5.51. The Kier molecular flexibility index (Phi) is 7.77. The number of ketones is 1. The minimum absolute atomic E-state index is 0. The Hall–Kier alpha value is -3.14. The maximum absolute atomic E-state index is 12.3. The van der Waals surface area contributed by atoms with Gasteiger partial charge in [0.2, 0.25) is 0 Å². The number of carbonyl (C=O) groups excluding carboxylic acids is 1. The first-order chi connectivity index (χ1) is 10.5. The van der Waals surface area contributed by atoms with Crippen molar-refractivity contribution in [2.45, 2.75) is 0 Å². The summed E-state index contributed by atoms with van der Waals surface area (Å²) in [7, 11) is 0. The Morgan fingerprint density at radius 1 is 1.13 bits per heavy atom. The molecule has 0 aliphatic carbocycles. The van der Waals surface area contributed by atoms with Crippen molar-refractivity contribution < 1.29 is 39.3 Å². The quantitative estimate of drug-likeness (QED) is 0.128. The molecular formula is C14H4N5NaO3. The van der Waals surface area contributed by atoms with Crippen molar-refractivity contribution in [2.24, 2.45) is 0 Å². The van der Waals surface area contributed by atoms with E-state index in [4.69, 9.17) is 21.0 Å². The summed E-state index contributed by atoms with van der Waals surface area (Å²) in [5, 5.41) is 46.1. The van der Waals surface area contributed by atoms with Crippen LogP contribution in [0.1, 0.15) is 10.4 Å². The van der Waals surface area contributed by atoms with E-state index in [-0.39, 0.29) is 40.8 Å². The predicted molar refractivity (Wildman–Crippen MR) is 70.1 cm³/mol. The maximum Gasteiger partial charge on any atom is 1.00 e. The zero-order valence-electron chi connectivity index (χ0n) is 11.8. The van der Waals surface area contributed by atoms with Gasteiger partial charge in [0, 0.05) is 47.9 Å². The zero-order valence-corrected chi connectivity index (χ0v) is 13.8. The van der Waals surface area contributed by atoms with Gasteiger partial charge in [-0.1, -0.05) is 17.7 Å². The molecule has 0 spiro atoms. The average molecular weight is 313 g/mol. The third-order valence-electron chi connectivity index (χ3n) is 2.49. The number of carbonyl (C=O) groups is 1. The van der Waals surface area contributed by atoms with Crippen LogP contribution in [0, 0.1) is 61.4 Å². The normalized spacial score (nSPS) is 8.00. The van der Waals surface area contributed by atoms with Crippen molar-refractivity contribution in [1.29, 1.82) is 21.0 Å². The molecule has 9 heteroatoms. The molecule has 0 bridgehead atoms. The summed E-state index contributed by atoms with van der Waals surface area (Å²) in [6.45, 7) is 0. The number of hydrogen-bond donors (Lipinski definition) is 0. The molecule has 0 aromatic heterocycles. The van der Waals surface area contributed by atoms with Crippen molar-refractivity contribution in [3.05, 3.63) is 57.0 Å². The fraction of sp³-hybridized carbons (Fsp3) is 0. The van der Waals surface area contributed by atoms with Gasteiger partial charge in [0.15, 0.2) is 0 Å². The summed E-state index contributed by atoms with van der Waals surface area (Å²) < 4.78 is 0. The summed E-state index contributed by atoms with van der Waals surface area (Å²) in [5.74, 6) is -1.70. The van der Waals surface area contributed by atoms with E-state index in [0.717, 1.165) is 12.1 Å². The van der Waals surface area contributed by atoms with Crippen LogP contribution in [-0.2, 0) is 0 Å². The molecule has 104 valence electrons. The second kappa shape index (κ2) is 9.00. The number of allylic oxidation sites excluding steroid dienone is 2. The number of nitrogens with zero attached hydrogens (tertiary/aromatic N) is 5. The molecular weight excluding hydrogens is 309 g/mol. The number of nitro groups is 1. The number of rotatable bonds is 4. The smallest absolute Gasteiger partial charge is 0.365 e. The molecule has 1 aromatic carbocycles. The Labute approximate surface area is 152 Å². The van der Waals surface area contributed by atoms with E-state index in [9.17, 15) is 14.9 Å². The van der Waals surface area contributed by atoms with Crippen LogP contribution in [0.3, 0.4) is 0 Å². The molecule has 0 atom stereocenters. The molecule has 8 nitrogen and oxygen atoms in total. The van der Waals surface area contributed by atoms with Crippen LogP contribution < -0.4 is 29.6 Å². The van der Waals surface area contributed by atoms with Gasteiger partial charge in [-0.3, -0.25) is 10.1 Å². The molecule has 0 unspecified atom stereocenters. The number of non-ortho nitro benzene ring substituents is 1. The molecule has 0 N–H and O–H groups in total. The van der Waals surface area contributed by atoms with Crippen LogP contribution >= 0.6 is 0 Å². The summed E-state index contributed by atoms with van der Waals surface area (Å²) in [6.07, 6.45) is 0. The predicted octanol–water partition coefficient (Wildman–Crippen LogP) is -1.25. The van der Waals surface area contributed by atoms with Crippen LogP contribution in [-0.4, -0.2) is 10.7 Å². The first-order valence-electron chi connectivity index (χ1n) is 5.51. The molecule has 0 radical (unpaired) electrons. The van der Waals surface area contributed by atoms with Gasteiger partial charge < -0.3 is 4.79 Å². The number of benzene rings is 1. The van der Waals surface area contributed by atoms with E-state index in [1.807, 2.05) is 0 Å². The number of nitriles is 4. The molecule has 1 aromatic rings. The molecule has 0 fully saturated rings. The number of Topliss-reactive ketones (excluding diaryl/α,β-unsaturated/α-hetero) is 1. The topological polar surface area (TPSA) is 155 Å². The molecule has 0 aliphatic heterocycles. The van der Waals surface area contributed by atoms with E-state index in [0.29, 0.717) is 0 Å². The van der Waals surface area contributed by atoms with Crippen LogP contribution in [0.5, 0.6) is 0 Å². The molecule has 0 saturated heterocycles. The van der Waals surface area contributed by atoms with Gasteiger partial charge in [-0.15, -0.1) is 0 Å². The third-order valence-corrected chi connectivity index (χ3v) is 2.49. The summed E-state index contributed by atoms with van der Waals surface area (Å²) in [4.78, 5) is 22.3. The van der Waals surface area contributed by atoms with Crippen LogP contribution in [0.4, 0.5) is 5.69 Å². The third kappa shape index (κ3) is 4.41. The SMILES string of the molecule is N#CC(C#N)=C(C(=O)c1cccc([N+](=O)[O-])c1)[C-](C#N)C#N.[Na+]. The monoisotopic (exact) mass is 313 g/mol. The molecule has 0 aliphatic rings. The van der Waals surface area contributed by atoms with Crippen LogP contribution in [0.15, 0.2) is 35.4 Å². The Morgan fingerprint density at radius 2 is 1.70 bits per heavy atom. The second-order valence-electron chi connectivity index (χ2n) is 3.71. The minimum atomic E-state index is -0.986. The van der Waals surface area contributed by atoms with Gasteiger partial charge in [0.1, 0.15) is 0 Å². The first kappa shape index (κ1) is 19.9. The number of hydrogen-bond acceptors (Lipinski definition) is 7. The van der Waals surface area contributed by atoms with Crippen molar-refractivity contribution in [3.8, 4) is 24.3 Å². The van der Waals surface area contributed by atoms with Gasteiger partial charge in [0.05, 0.1) is 10.7 Å². The van der Waals surface area contributed by atoms with E-state index >= 15 is 0 Å². The Morgan fingerprint density at radius 3 is 2.13 bits per heavy atom. The Balaban J connectivity index is 0.00000484. The second-order valence-corrected chi connectivity index (χ2v) is 3.71. The van der Waals surface area contributed by atoms with Crippen molar-refractivity contribution in [3.63, 3.8) is 0 Å². The molecule has 0 amide bonds. The molecule has 0 saturated carbocycles. The van der Waals surface area contributed by atoms with Crippen molar-refractivity contribution in [1.82, 2.24) is 0 Å². The fourth-order valence-electron chi connectivity index (χ4n) is 1.53. The van der Waals surface area contributed by atoms with Crippen LogP contribution in [0.2, 0.25) is 0 Å². The van der Waals surface area contributed by atoms with Crippen molar-refractivity contribution >= 4 is 11.5 Å². The van der Waals surface area contributed by atoms with E-state index in [2.05, 4.69) is 0 Å². The summed E-state index contributed by atoms with van der Waals surface area (Å²) in [5.41, 5.74) is -1.98. The standard InChI is InChI=1S/C14H4N5O3.Na/c15-5-10(6-16)13(11(7-17)8-18)14(20)9-2-1-3-12(4-9)19(21)22;/h1-4H;/q-1;+1.